The number of rotatable bonds is 5. The number of carbonyl (C=O) groups is 2. The number of esters is 2. The molecule has 0 radical (unpaired) electrons. The van der Waals surface area contributed by atoms with E-state index in [0.717, 1.165) is 12.8 Å². The number of hydrogen-bond donors (Lipinski definition) is 0. The molecule has 0 saturated heterocycles. The van der Waals surface area contributed by atoms with Gasteiger partial charge in [0, 0.05) is 19.8 Å². The average Bonchev–Trinajstić information content (AvgIpc) is 2.85. The van der Waals surface area contributed by atoms with Gasteiger partial charge in [0.2, 0.25) is 0 Å². The van der Waals surface area contributed by atoms with Crippen LogP contribution in [0, 0.1) is 17.8 Å². The van der Waals surface area contributed by atoms with Gasteiger partial charge in [0.1, 0.15) is 6.10 Å². The van der Waals surface area contributed by atoms with E-state index < -0.39 is 0 Å². The molecule has 18 heavy (non-hydrogen) atoms. The normalized spacial score (nSPS) is 33.4. The lowest BCUT2D eigenvalue weighted by atomic mass is 9.87. The zero-order valence-corrected chi connectivity index (χ0v) is 10.9. The maximum absolute atomic E-state index is 11.1. The number of ether oxygens (including phenoxy) is 3. The first-order valence-electron chi connectivity index (χ1n) is 6.46. The Labute approximate surface area is 107 Å². The van der Waals surface area contributed by atoms with Gasteiger partial charge in [-0.1, -0.05) is 0 Å². The monoisotopic (exact) mass is 256 g/mol. The summed E-state index contributed by atoms with van der Waals surface area (Å²) in [6, 6.07) is 0. The van der Waals surface area contributed by atoms with Gasteiger partial charge >= 0.3 is 11.9 Å². The Kier molecular flexibility index (Phi) is 4.22. The van der Waals surface area contributed by atoms with E-state index in [1.54, 1.807) is 0 Å². The molecule has 0 amide bonds. The first kappa shape index (κ1) is 13.3. The van der Waals surface area contributed by atoms with Crippen LogP contribution in [0.5, 0.6) is 0 Å². The standard InChI is InChI=1S/C13H20O5/c1-8(14)17-7-16-6-12-10-3-4-11(5-10)13(12)18-9(2)15/h10-13H,3-7H2,1-2H3/t10-,11+,12-,13+/m0/s1. The Morgan fingerprint density at radius 1 is 1.11 bits per heavy atom. The van der Waals surface area contributed by atoms with Crippen LogP contribution >= 0.6 is 0 Å². The molecule has 0 aromatic heterocycles. The van der Waals surface area contributed by atoms with Gasteiger partial charge in [0.15, 0.2) is 6.79 Å². The fraction of sp³-hybridized carbons (Fsp3) is 0.846. The molecule has 0 heterocycles. The van der Waals surface area contributed by atoms with Crippen LogP contribution in [0.3, 0.4) is 0 Å². The van der Waals surface area contributed by atoms with Gasteiger partial charge in [-0.15, -0.1) is 0 Å². The van der Waals surface area contributed by atoms with Gasteiger partial charge in [0.25, 0.3) is 0 Å². The molecule has 0 spiro atoms. The summed E-state index contributed by atoms with van der Waals surface area (Å²) in [5.41, 5.74) is 0. The first-order valence-corrected chi connectivity index (χ1v) is 6.46. The maximum Gasteiger partial charge on any atom is 0.304 e. The fourth-order valence-corrected chi connectivity index (χ4v) is 3.27. The maximum atomic E-state index is 11.1. The molecule has 102 valence electrons. The van der Waals surface area contributed by atoms with E-state index in [0.29, 0.717) is 18.4 Å². The molecule has 2 rings (SSSR count). The summed E-state index contributed by atoms with van der Waals surface area (Å²) in [5.74, 6) is 0.748. The molecular formula is C13H20O5. The molecule has 2 aliphatic carbocycles. The summed E-state index contributed by atoms with van der Waals surface area (Å²) in [5, 5.41) is 0. The molecule has 2 bridgehead atoms. The number of carbonyl (C=O) groups excluding carboxylic acids is 2. The molecule has 0 aromatic carbocycles. The van der Waals surface area contributed by atoms with Crippen LogP contribution < -0.4 is 0 Å². The largest absolute Gasteiger partial charge is 0.462 e. The zero-order valence-electron chi connectivity index (χ0n) is 10.9. The van der Waals surface area contributed by atoms with E-state index in [2.05, 4.69) is 0 Å². The highest BCUT2D eigenvalue weighted by Gasteiger charge is 2.49. The van der Waals surface area contributed by atoms with Gasteiger partial charge in [0.05, 0.1) is 6.61 Å². The van der Waals surface area contributed by atoms with Crippen molar-refractivity contribution in [2.45, 2.75) is 39.2 Å². The minimum Gasteiger partial charge on any atom is -0.462 e. The lowest BCUT2D eigenvalue weighted by Gasteiger charge is -2.30. The topological polar surface area (TPSA) is 61.8 Å². The van der Waals surface area contributed by atoms with Crippen molar-refractivity contribution in [1.82, 2.24) is 0 Å². The van der Waals surface area contributed by atoms with Crippen molar-refractivity contribution in [2.75, 3.05) is 13.4 Å². The van der Waals surface area contributed by atoms with Crippen LogP contribution in [0.2, 0.25) is 0 Å². The number of hydrogen-bond acceptors (Lipinski definition) is 5. The SMILES string of the molecule is CC(=O)OCOC[C@H]1[C@H]2CC[C@H](C2)[C@H]1OC(C)=O. The average molecular weight is 256 g/mol. The van der Waals surface area contributed by atoms with E-state index in [1.807, 2.05) is 0 Å². The van der Waals surface area contributed by atoms with Gasteiger partial charge in [-0.2, -0.15) is 0 Å². The molecule has 0 aliphatic heterocycles. The first-order chi connectivity index (χ1) is 8.58. The third-order valence-corrected chi connectivity index (χ3v) is 3.96. The molecular weight excluding hydrogens is 236 g/mol. The third kappa shape index (κ3) is 3.02. The highest BCUT2D eigenvalue weighted by molar-refractivity contribution is 5.66. The summed E-state index contributed by atoms with van der Waals surface area (Å²) in [7, 11) is 0. The zero-order chi connectivity index (χ0) is 13.1. The Hall–Kier alpha value is -1.10. The van der Waals surface area contributed by atoms with Crippen LogP contribution in [0.1, 0.15) is 33.1 Å². The van der Waals surface area contributed by atoms with E-state index in [4.69, 9.17) is 14.2 Å². The summed E-state index contributed by atoms with van der Waals surface area (Å²) in [6.07, 6.45) is 3.44. The summed E-state index contributed by atoms with van der Waals surface area (Å²) in [4.78, 5) is 21.7. The van der Waals surface area contributed by atoms with E-state index in [9.17, 15) is 9.59 Å². The smallest absolute Gasteiger partial charge is 0.304 e. The van der Waals surface area contributed by atoms with Crippen molar-refractivity contribution in [3.8, 4) is 0 Å². The van der Waals surface area contributed by atoms with Crippen molar-refractivity contribution in [3.63, 3.8) is 0 Å². The Balaban J connectivity index is 1.81. The number of fused-ring (bicyclic) bond motifs is 2. The van der Waals surface area contributed by atoms with Crippen molar-refractivity contribution in [1.29, 1.82) is 0 Å². The predicted octanol–water partition coefficient (Wildman–Crippen LogP) is 1.50. The predicted molar refractivity (Wildman–Crippen MR) is 62.5 cm³/mol. The molecule has 0 unspecified atom stereocenters. The van der Waals surface area contributed by atoms with Crippen molar-refractivity contribution >= 4 is 11.9 Å². The molecule has 4 atom stereocenters. The van der Waals surface area contributed by atoms with Crippen LogP contribution in [0.25, 0.3) is 0 Å². The van der Waals surface area contributed by atoms with Crippen LogP contribution in [-0.2, 0) is 23.8 Å². The Morgan fingerprint density at radius 3 is 2.50 bits per heavy atom. The van der Waals surface area contributed by atoms with Gasteiger partial charge in [-0.05, 0) is 31.1 Å². The molecule has 5 heteroatoms. The van der Waals surface area contributed by atoms with Crippen LogP contribution in [-0.4, -0.2) is 31.4 Å². The minimum atomic E-state index is -0.348. The second kappa shape index (κ2) is 5.69. The molecule has 2 aliphatic rings. The lowest BCUT2D eigenvalue weighted by Crippen LogP contribution is -2.35. The summed E-state index contributed by atoms with van der Waals surface area (Å²) >= 11 is 0. The molecule has 0 N–H and O–H groups in total. The molecule has 0 aromatic rings. The highest BCUT2D eigenvalue weighted by Crippen LogP contribution is 2.49. The molecule has 2 fully saturated rings. The lowest BCUT2D eigenvalue weighted by molar-refractivity contribution is -0.160. The second-order valence-corrected chi connectivity index (χ2v) is 5.20. The van der Waals surface area contributed by atoms with E-state index in [-0.39, 0.29) is 30.8 Å². The summed E-state index contributed by atoms with van der Waals surface area (Å²) < 4.78 is 15.5. The van der Waals surface area contributed by atoms with Crippen molar-refractivity contribution < 1.29 is 23.8 Å². The quantitative estimate of drug-likeness (QED) is 0.424. The van der Waals surface area contributed by atoms with Gasteiger partial charge in [-0.3, -0.25) is 9.59 Å². The van der Waals surface area contributed by atoms with Crippen molar-refractivity contribution in [2.24, 2.45) is 17.8 Å². The Bertz CT molecular complexity index is 327. The van der Waals surface area contributed by atoms with Crippen LogP contribution in [0.4, 0.5) is 0 Å². The fourth-order valence-electron chi connectivity index (χ4n) is 3.27. The molecule has 2 saturated carbocycles. The van der Waals surface area contributed by atoms with E-state index >= 15 is 0 Å². The highest BCUT2D eigenvalue weighted by atomic mass is 16.7. The van der Waals surface area contributed by atoms with Crippen LogP contribution in [0.15, 0.2) is 0 Å². The minimum absolute atomic E-state index is 0.0152. The third-order valence-electron chi connectivity index (χ3n) is 3.96. The molecule has 5 nitrogen and oxygen atoms in total. The van der Waals surface area contributed by atoms with Gasteiger partial charge < -0.3 is 14.2 Å². The van der Waals surface area contributed by atoms with E-state index in [1.165, 1.54) is 20.3 Å². The Morgan fingerprint density at radius 2 is 1.83 bits per heavy atom. The summed E-state index contributed by atoms with van der Waals surface area (Å²) in [6.45, 7) is 3.27. The second-order valence-electron chi connectivity index (χ2n) is 5.20. The van der Waals surface area contributed by atoms with Crippen molar-refractivity contribution in [3.05, 3.63) is 0 Å². The van der Waals surface area contributed by atoms with Gasteiger partial charge in [-0.25, -0.2) is 0 Å².